The first-order valence-corrected chi connectivity index (χ1v) is 10.1. The molecule has 1 fully saturated rings. The average Bonchev–Trinajstić information content (AvgIpc) is 2.98. The van der Waals surface area contributed by atoms with E-state index in [1.54, 1.807) is 29.2 Å². The van der Waals surface area contributed by atoms with Gasteiger partial charge in [-0.1, -0.05) is 42.5 Å². The van der Waals surface area contributed by atoms with Gasteiger partial charge in [0.25, 0.3) is 5.91 Å². The maximum atomic E-state index is 13.3. The molecule has 4 rings (SSSR count). The monoisotopic (exact) mass is 400 g/mol. The zero-order valence-electron chi connectivity index (χ0n) is 16.2. The lowest BCUT2D eigenvalue weighted by molar-refractivity contribution is -0.113. The van der Waals surface area contributed by atoms with Crippen LogP contribution < -0.4 is 4.90 Å². The lowest BCUT2D eigenvalue weighted by Gasteiger charge is -2.16. The standard InChI is InChI=1S/C24H20N2O2S/c1-16-7-5-10-19(13-16)25-24-26(20-11-6-8-17(2)14-20)23(28)22(29-24)15-18-9-3-4-12-21(18)27/h3-15,27H,1-2H3/b22-15+,25-24?. The van der Waals surface area contributed by atoms with Gasteiger partial charge in [0.2, 0.25) is 0 Å². The molecule has 0 radical (unpaired) electrons. The Kier molecular flexibility index (Phi) is 5.23. The highest BCUT2D eigenvalue weighted by Gasteiger charge is 2.35. The summed E-state index contributed by atoms with van der Waals surface area (Å²) >= 11 is 1.31. The molecule has 29 heavy (non-hydrogen) atoms. The van der Waals surface area contributed by atoms with Crippen LogP contribution in [0.2, 0.25) is 0 Å². The van der Waals surface area contributed by atoms with Crippen molar-refractivity contribution in [2.24, 2.45) is 4.99 Å². The molecule has 0 atom stereocenters. The van der Waals surface area contributed by atoms with E-state index in [4.69, 9.17) is 4.99 Å². The van der Waals surface area contributed by atoms with Crippen LogP contribution in [0.25, 0.3) is 6.08 Å². The number of nitrogens with zero attached hydrogens (tertiary/aromatic N) is 2. The second-order valence-electron chi connectivity index (χ2n) is 6.88. The summed E-state index contributed by atoms with van der Waals surface area (Å²) in [6.45, 7) is 4.01. The van der Waals surface area contributed by atoms with Crippen LogP contribution in [0, 0.1) is 13.8 Å². The number of aromatic hydroxyl groups is 1. The van der Waals surface area contributed by atoms with Crippen molar-refractivity contribution in [2.45, 2.75) is 13.8 Å². The van der Waals surface area contributed by atoms with Gasteiger partial charge in [0, 0.05) is 5.56 Å². The summed E-state index contributed by atoms with van der Waals surface area (Å²) in [6.07, 6.45) is 1.71. The largest absolute Gasteiger partial charge is 0.507 e. The fraction of sp³-hybridized carbons (Fsp3) is 0.0833. The molecule has 0 aromatic heterocycles. The van der Waals surface area contributed by atoms with Crippen LogP contribution in [0.5, 0.6) is 5.75 Å². The van der Waals surface area contributed by atoms with Gasteiger partial charge in [-0.2, -0.15) is 0 Å². The third-order valence-electron chi connectivity index (χ3n) is 4.52. The minimum atomic E-state index is -0.157. The minimum absolute atomic E-state index is 0.138. The molecule has 144 valence electrons. The van der Waals surface area contributed by atoms with Gasteiger partial charge in [0.1, 0.15) is 5.75 Å². The van der Waals surface area contributed by atoms with Crippen molar-refractivity contribution in [2.75, 3.05) is 4.90 Å². The fourth-order valence-corrected chi connectivity index (χ4v) is 4.09. The summed E-state index contributed by atoms with van der Waals surface area (Å²) in [7, 11) is 0. The lowest BCUT2D eigenvalue weighted by atomic mass is 10.1. The van der Waals surface area contributed by atoms with Crippen LogP contribution in [0.3, 0.4) is 0 Å². The maximum Gasteiger partial charge on any atom is 0.271 e. The fourth-order valence-electron chi connectivity index (χ4n) is 3.10. The van der Waals surface area contributed by atoms with Crippen molar-refractivity contribution >= 4 is 40.3 Å². The Hall–Kier alpha value is -3.31. The SMILES string of the molecule is Cc1cccc(N=C2S/C(=C/c3ccccc3O)C(=O)N2c2cccc(C)c2)c1. The maximum absolute atomic E-state index is 13.3. The van der Waals surface area contributed by atoms with Gasteiger partial charge in [-0.05, 0) is 73.1 Å². The number of phenols is 1. The highest BCUT2D eigenvalue weighted by atomic mass is 32.2. The van der Waals surface area contributed by atoms with Crippen LogP contribution >= 0.6 is 11.8 Å². The van der Waals surface area contributed by atoms with Gasteiger partial charge in [0.05, 0.1) is 16.3 Å². The predicted molar refractivity (Wildman–Crippen MR) is 121 cm³/mol. The molecule has 1 aliphatic rings. The molecule has 0 aliphatic carbocycles. The third kappa shape index (κ3) is 4.10. The van der Waals surface area contributed by atoms with E-state index in [2.05, 4.69) is 0 Å². The highest BCUT2D eigenvalue weighted by molar-refractivity contribution is 8.19. The number of anilines is 1. The molecule has 1 amide bonds. The summed E-state index contributed by atoms with van der Waals surface area (Å²) in [5.41, 5.74) is 4.34. The second kappa shape index (κ2) is 7.97. The first-order valence-electron chi connectivity index (χ1n) is 9.25. The van der Waals surface area contributed by atoms with Gasteiger partial charge in [0.15, 0.2) is 5.17 Å². The quantitative estimate of drug-likeness (QED) is 0.564. The van der Waals surface area contributed by atoms with E-state index < -0.39 is 0 Å². The molecule has 1 N–H and O–H groups in total. The Labute approximate surface area is 174 Å². The number of carbonyl (C=O) groups excluding carboxylic acids is 1. The summed E-state index contributed by atoms with van der Waals surface area (Å²) in [6, 6.07) is 22.6. The number of amidine groups is 1. The number of carbonyl (C=O) groups is 1. The van der Waals surface area contributed by atoms with Gasteiger partial charge < -0.3 is 5.11 Å². The average molecular weight is 401 g/mol. The summed E-state index contributed by atoms with van der Waals surface area (Å²) < 4.78 is 0. The number of para-hydroxylation sites is 1. The van der Waals surface area contributed by atoms with Gasteiger partial charge in [-0.3, -0.25) is 9.69 Å². The van der Waals surface area contributed by atoms with Crippen LogP contribution in [-0.4, -0.2) is 16.2 Å². The van der Waals surface area contributed by atoms with Crippen molar-refractivity contribution in [1.82, 2.24) is 0 Å². The molecule has 4 nitrogen and oxygen atoms in total. The topological polar surface area (TPSA) is 52.9 Å². The number of hydrogen-bond acceptors (Lipinski definition) is 4. The molecule has 3 aromatic rings. The number of aliphatic imine (C=N–C) groups is 1. The van der Waals surface area contributed by atoms with Crippen LogP contribution in [0.1, 0.15) is 16.7 Å². The highest BCUT2D eigenvalue weighted by Crippen LogP contribution is 2.38. The molecule has 0 saturated carbocycles. The van der Waals surface area contributed by atoms with Crippen LogP contribution in [-0.2, 0) is 4.79 Å². The first kappa shape index (κ1) is 19.0. The number of phenolic OH excluding ortho intramolecular Hbond substituents is 1. The molecule has 1 heterocycles. The Morgan fingerprint density at radius 2 is 1.66 bits per heavy atom. The smallest absolute Gasteiger partial charge is 0.271 e. The van der Waals surface area contributed by atoms with E-state index in [-0.39, 0.29) is 11.7 Å². The Morgan fingerprint density at radius 3 is 2.38 bits per heavy atom. The normalized spacial score (nSPS) is 16.8. The number of amides is 1. The molecule has 0 bridgehead atoms. The zero-order chi connectivity index (χ0) is 20.4. The van der Waals surface area contributed by atoms with Crippen LogP contribution in [0.4, 0.5) is 11.4 Å². The number of thioether (sulfide) groups is 1. The minimum Gasteiger partial charge on any atom is -0.507 e. The Morgan fingerprint density at radius 1 is 0.931 bits per heavy atom. The van der Waals surface area contributed by atoms with Crippen molar-refractivity contribution in [3.05, 3.63) is 94.4 Å². The molecular formula is C24H20N2O2S. The lowest BCUT2D eigenvalue weighted by Crippen LogP contribution is -2.28. The number of rotatable bonds is 3. The number of aryl methyl sites for hydroxylation is 2. The van der Waals surface area contributed by atoms with E-state index in [0.717, 1.165) is 22.5 Å². The predicted octanol–water partition coefficient (Wildman–Crippen LogP) is 5.82. The number of hydrogen-bond donors (Lipinski definition) is 1. The van der Waals surface area contributed by atoms with Crippen molar-refractivity contribution in [3.8, 4) is 5.75 Å². The molecule has 3 aromatic carbocycles. The van der Waals surface area contributed by atoms with E-state index in [1.165, 1.54) is 11.8 Å². The summed E-state index contributed by atoms with van der Waals surface area (Å²) in [4.78, 5) is 20.2. The van der Waals surface area contributed by atoms with Crippen molar-refractivity contribution in [1.29, 1.82) is 0 Å². The molecular weight excluding hydrogens is 380 g/mol. The van der Waals surface area contributed by atoms with Crippen molar-refractivity contribution in [3.63, 3.8) is 0 Å². The molecule has 5 heteroatoms. The van der Waals surface area contributed by atoms with Gasteiger partial charge in [-0.25, -0.2) is 4.99 Å². The van der Waals surface area contributed by atoms with Gasteiger partial charge >= 0.3 is 0 Å². The first-order chi connectivity index (χ1) is 14.0. The molecule has 0 unspecified atom stereocenters. The summed E-state index contributed by atoms with van der Waals surface area (Å²) in [5.74, 6) is -0.0187. The molecule has 0 spiro atoms. The zero-order valence-corrected chi connectivity index (χ0v) is 17.0. The van der Waals surface area contributed by atoms with E-state index in [0.29, 0.717) is 15.6 Å². The summed E-state index contributed by atoms with van der Waals surface area (Å²) in [5, 5.41) is 10.7. The second-order valence-corrected chi connectivity index (χ2v) is 7.89. The molecule has 1 saturated heterocycles. The van der Waals surface area contributed by atoms with Crippen LogP contribution in [0.15, 0.2) is 82.7 Å². The Balaban J connectivity index is 1.81. The number of benzene rings is 3. The third-order valence-corrected chi connectivity index (χ3v) is 5.48. The Bertz CT molecular complexity index is 1150. The van der Waals surface area contributed by atoms with E-state index >= 15 is 0 Å². The molecule has 1 aliphatic heterocycles. The van der Waals surface area contributed by atoms with E-state index in [9.17, 15) is 9.90 Å². The van der Waals surface area contributed by atoms with E-state index in [1.807, 2.05) is 68.4 Å². The van der Waals surface area contributed by atoms with Gasteiger partial charge in [-0.15, -0.1) is 0 Å². The van der Waals surface area contributed by atoms with Crippen molar-refractivity contribution < 1.29 is 9.90 Å².